The number of piperazine rings is 1. The number of anilines is 4. The van der Waals surface area contributed by atoms with Gasteiger partial charge in [-0.25, -0.2) is 22.8 Å². The number of nitrogens with one attached hydrogen (secondary N) is 1. The standard InChI is InChI=1S/C24H28FN7O4S/c1-3-31(4-2)37(35,36)21-11-7-19(8-12-21)28-23-22(32(33)34)24(27-17-26-23)30-15-13-29(14-16-30)20-9-5-18(25)6-10-20/h5-12,17H,3-4,13-16H2,1-2H3,(H,26,27,28). The third-order valence-electron chi connectivity index (χ3n) is 6.22. The number of nitrogens with zero attached hydrogens (tertiary/aromatic N) is 6. The Hall–Kier alpha value is -3.84. The lowest BCUT2D eigenvalue weighted by Gasteiger charge is -2.36. The molecular weight excluding hydrogens is 501 g/mol. The summed E-state index contributed by atoms with van der Waals surface area (Å²) in [5, 5.41) is 15.0. The van der Waals surface area contributed by atoms with Gasteiger partial charge in [-0.15, -0.1) is 0 Å². The van der Waals surface area contributed by atoms with Gasteiger partial charge in [-0.2, -0.15) is 4.31 Å². The fourth-order valence-electron chi connectivity index (χ4n) is 4.25. The number of sulfonamides is 1. The van der Waals surface area contributed by atoms with E-state index in [9.17, 15) is 22.9 Å². The van der Waals surface area contributed by atoms with E-state index in [1.165, 1.54) is 34.9 Å². The Labute approximate surface area is 214 Å². The Kier molecular flexibility index (Phi) is 7.83. The van der Waals surface area contributed by atoms with Crippen molar-refractivity contribution in [2.24, 2.45) is 0 Å². The second kappa shape index (κ2) is 11.0. The van der Waals surface area contributed by atoms with E-state index in [2.05, 4.69) is 20.2 Å². The fourth-order valence-corrected chi connectivity index (χ4v) is 5.71. The van der Waals surface area contributed by atoms with Gasteiger partial charge in [-0.05, 0) is 48.5 Å². The zero-order chi connectivity index (χ0) is 26.6. The van der Waals surface area contributed by atoms with Crippen LogP contribution in [0.15, 0.2) is 59.8 Å². The molecule has 1 aromatic heterocycles. The van der Waals surface area contributed by atoms with Crippen molar-refractivity contribution in [1.82, 2.24) is 14.3 Å². The minimum Gasteiger partial charge on any atom is -0.368 e. The molecule has 1 fully saturated rings. The zero-order valence-electron chi connectivity index (χ0n) is 20.5. The van der Waals surface area contributed by atoms with Gasteiger partial charge in [0, 0.05) is 50.6 Å². The normalized spacial score (nSPS) is 14.2. The maximum atomic E-state index is 13.2. The number of benzene rings is 2. The van der Waals surface area contributed by atoms with Gasteiger partial charge in [0.05, 0.1) is 9.82 Å². The summed E-state index contributed by atoms with van der Waals surface area (Å²) >= 11 is 0. The molecule has 2 heterocycles. The highest BCUT2D eigenvalue weighted by molar-refractivity contribution is 7.89. The van der Waals surface area contributed by atoms with Crippen LogP contribution in [0.5, 0.6) is 0 Å². The Morgan fingerprint density at radius 1 is 0.973 bits per heavy atom. The molecule has 0 aliphatic carbocycles. The quantitative estimate of drug-likeness (QED) is 0.327. The summed E-state index contributed by atoms with van der Waals surface area (Å²) < 4.78 is 40.1. The van der Waals surface area contributed by atoms with Gasteiger partial charge in [0.1, 0.15) is 12.1 Å². The van der Waals surface area contributed by atoms with Gasteiger partial charge in [0.2, 0.25) is 21.7 Å². The number of hydrogen-bond donors (Lipinski definition) is 1. The Bertz CT molecular complexity index is 1340. The van der Waals surface area contributed by atoms with E-state index in [-0.39, 0.29) is 28.0 Å². The molecule has 13 heteroatoms. The summed E-state index contributed by atoms with van der Waals surface area (Å²) in [6, 6.07) is 12.2. The van der Waals surface area contributed by atoms with E-state index < -0.39 is 14.9 Å². The molecule has 0 bridgehead atoms. The minimum absolute atomic E-state index is 0.00955. The maximum Gasteiger partial charge on any atom is 0.353 e. The van der Waals surface area contributed by atoms with Crippen LogP contribution >= 0.6 is 0 Å². The molecule has 0 amide bonds. The molecule has 1 aliphatic heterocycles. The van der Waals surface area contributed by atoms with E-state index >= 15 is 0 Å². The van der Waals surface area contributed by atoms with Gasteiger partial charge >= 0.3 is 5.69 Å². The molecule has 1 aliphatic rings. The third-order valence-corrected chi connectivity index (χ3v) is 8.28. The second-order valence-electron chi connectivity index (χ2n) is 8.34. The van der Waals surface area contributed by atoms with Gasteiger partial charge < -0.3 is 15.1 Å². The molecular formula is C24H28FN7O4S. The second-order valence-corrected chi connectivity index (χ2v) is 10.3. The summed E-state index contributed by atoms with van der Waals surface area (Å²) in [6.07, 6.45) is 1.26. The van der Waals surface area contributed by atoms with Crippen molar-refractivity contribution in [2.45, 2.75) is 18.7 Å². The van der Waals surface area contributed by atoms with Crippen molar-refractivity contribution in [3.8, 4) is 0 Å². The van der Waals surface area contributed by atoms with Crippen LogP contribution in [0.2, 0.25) is 0 Å². The molecule has 37 heavy (non-hydrogen) atoms. The highest BCUT2D eigenvalue weighted by Gasteiger charge is 2.30. The van der Waals surface area contributed by atoms with E-state index in [0.717, 1.165) is 5.69 Å². The number of hydrogen-bond acceptors (Lipinski definition) is 9. The predicted octanol–water partition coefficient (Wildman–Crippen LogP) is 3.62. The predicted molar refractivity (Wildman–Crippen MR) is 139 cm³/mol. The van der Waals surface area contributed by atoms with Crippen LogP contribution < -0.4 is 15.1 Å². The van der Waals surface area contributed by atoms with Crippen LogP contribution in [0.4, 0.5) is 33.1 Å². The van der Waals surface area contributed by atoms with Crippen molar-refractivity contribution in [3.63, 3.8) is 0 Å². The molecule has 0 spiro atoms. The summed E-state index contributed by atoms with van der Waals surface area (Å²) in [7, 11) is -3.62. The van der Waals surface area contributed by atoms with Crippen LogP contribution in [0.25, 0.3) is 0 Å². The van der Waals surface area contributed by atoms with Crippen LogP contribution in [-0.2, 0) is 10.0 Å². The number of aromatic nitrogens is 2. The highest BCUT2D eigenvalue weighted by atomic mass is 32.2. The van der Waals surface area contributed by atoms with Crippen molar-refractivity contribution < 1.29 is 17.7 Å². The summed E-state index contributed by atoms with van der Waals surface area (Å²) in [6.45, 7) is 6.37. The third kappa shape index (κ3) is 5.62. The number of nitro groups is 1. The molecule has 1 saturated heterocycles. The molecule has 11 nitrogen and oxygen atoms in total. The molecule has 0 saturated carbocycles. The SMILES string of the molecule is CCN(CC)S(=O)(=O)c1ccc(Nc2ncnc(N3CCN(c4ccc(F)cc4)CC3)c2[N+](=O)[O-])cc1. The van der Waals surface area contributed by atoms with E-state index in [1.54, 1.807) is 38.1 Å². The smallest absolute Gasteiger partial charge is 0.353 e. The van der Waals surface area contributed by atoms with E-state index in [1.807, 2.05) is 4.90 Å². The van der Waals surface area contributed by atoms with Crippen molar-refractivity contribution >= 4 is 38.7 Å². The van der Waals surface area contributed by atoms with Crippen molar-refractivity contribution in [1.29, 1.82) is 0 Å². The first-order chi connectivity index (χ1) is 17.7. The Morgan fingerprint density at radius 3 is 2.14 bits per heavy atom. The zero-order valence-corrected chi connectivity index (χ0v) is 21.4. The number of rotatable bonds is 9. The lowest BCUT2D eigenvalue weighted by Crippen LogP contribution is -2.47. The van der Waals surface area contributed by atoms with Gasteiger partial charge in [0.15, 0.2) is 0 Å². The average Bonchev–Trinajstić information content (AvgIpc) is 2.90. The van der Waals surface area contributed by atoms with Crippen molar-refractivity contribution in [3.05, 3.63) is 70.8 Å². The van der Waals surface area contributed by atoms with Crippen molar-refractivity contribution in [2.75, 3.05) is 54.4 Å². The number of halogens is 1. The van der Waals surface area contributed by atoms with Gasteiger partial charge in [0.25, 0.3) is 0 Å². The Balaban J connectivity index is 1.53. The van der Waals surface area contributed by atoms with E-state index in [4.69, 9.17) is 0 Å². The van der Waals surface area contributed by atoms with Gasteiger partial charge in [-0.3, -0.25) is 10.1 Å². The lowest BCUT2D eigenvalue weighted by atomic mass is 10.2. The topological polar surface area (TPSA) is 125 Å². The van der Waals surface area contributed by atoms with Crippen LogP contribution in [-0.4, -0.2) is 66.9 Å². The monoisotopic (exact) mass is 529 g/mol. The molecule has 0 unspecified atom stereocenters. The van der Waals surface area contributed by atoms with Crippen LogP contribution in [0, 0.1) is 15.9 Å². The van der Waals surface area contributed by atoms with E-state index in [0.29, 0.717) is 45.0 Å². The molecule has 1 N–H and O–H groups in total. The van der Waals surface area contributed by atoms with Gasteiger partial charge in [-0.1, -0.05) is 13.8 Å². The first-order valence-corrected chi connectivity index (χ1v) is 13.3. The summed E-state index contributed by atoms with van der Waals surface area (Å²) in [4.78, 5) is 23.8. The molecule has 196 valence electrons. The molecule has 4 rings (SSSR count). The van der Waals surface area contributed by atoms with Crippen LogP contribution in [0.1, 0.15) is 13.8 Å². The molecule has 3 aromatic rings. The first kappa shape index (κ1) is 26.2. The van der Waals surface area contributed by atoms with Crippen LogP contribution in [0.3, 0.4) is 0 Å². The minimum atomic E-state index is -3.62. The highest BCUT2D eigenvalue weighted by Crippen LogP contribution is 2.34. The summed E-state index contributed by atoms with van der Waals surface area (Å²) in [5.74, 6) is -0.100. The summed E-state index contributed by atoms with van der Waals surface area (Å²) in [5.41, 5.74) is 1.07. The fraction of sp³-hybridized carbons (Fsp3) is 0.333. The molecule has 2 aromatic carbocycles. The molecule has 0 atom stereocenters. The molecule has 0 radical (unpaired) electrons. The maximum absolute atomic E-state index is 13.2. The first-order valence-electron chi connectivity index (χ1n) is 11.9. The average molecular weight is 530 g/mol. The Morgan fingerprint density at radius 2 is 1.57 bits per heavy atom. The lowest BCUT2D eigenvalue weighted by molar-refractivity contribution is -0.383. The largest absolute Gasteiger partial charge is 0.368 e.